The van der Waals surface area contributed by atoms with Gasteiger partial charge in [-0.3, -0.25) is 10.3 Å². The predicted octanol–water partition coefficient (Wildman–Crippen LogP) is 3.95. The van der Waals surface area contributed by atoms with E-state index in [4.69, 9.17) is 16.3 Å². The Hall–Kier alpha value is -3.14. The lowest BCUT2D eigenvalue weighted by Gasteiger charge is -2.12. The van der Waals surface area contributed by atoms with E-state index in [0.29, 0.717) is 10.4 Å². The van der Waals surface area contributed by atoms with E-state index >= 15 is 0 Å². The number of pyridine rings is 2. The molecule has 0 aliphatic rings. The zero-order valence-electron chi connectivity index (χ0n) is 12.7. The number of carbonyl (C=O) groups is 1. The fourth-order valence-corrected chi connectivity index (χ4v) is 2.19. The van der Waals surface area contributed by atoms with E-state index in [2.05, 4.69) is 20.4 Å². The highest BCUT2D eigenvalue weighted by atomic mass is 35.5. The van der Waals surface area contributed by atoms with Crippen molar-refractivity contribution in [3.63, 3.8) is 0 Å². The maximum Gasteiger partial charge on any atom is 0.437 e. The number of halogens is 4. The minimum Gasteiger partial charge on any atom is -0.406 e. The minimum absolute atomic E-state index is 0.0102. The first-order valence-corrected chi connectivity index (χ1v) is 7.39. The van der Waals surface area contributed by atoms with Crippen LogP contribution in [-0.2, 0) is 6.18 Å². The molecule has 7 nitrogen and oxygen atoms in total. The summed E-state index contributed by atoms with van der Waals surface area (Å²) in [6.45, 7) is 0. The smallest absolute Gasteiger partial charge is 0.406 e. The summed E-state index contributed by atoms with van der Waals surface area (Å²) in [6, 6.07) is 7.01. The van der Waals surface area contributed by atoms with Gasteiger partial charge in [-0.25, -0.2) is 14.5 Å². The molecule has 3 aromatic heterocycles. The number of ether oxygens (including phenoxy) is 1. The van der Waals surface area contributed by atoms with Crippen LogP contribution < -0.4 is 10.1 Å². The molecule has 3 heterocycles. The van der Waals surface area contributed by atoms with Crippen molar-refractivity contribution in [2.45, 2.75) is 6.18 Å². The van der Waals surface area contributed by atoms with Crippen LogP contribution in [0.5, 0.6) is 5.75 Å². The Bertz CT molecular complexity index is 931. The fourth-order valence-electron chi connectivity index (χ4n) is 2.04. The van der Waals surface area contributed by atoms with Crippen LogP contribution in [0.1, 0.15) is 5.69 Å². The van der Waals surface area contributed by atoms with Crippen molar-refractivity contribution in [1.29, 1.82) is 0 Å². The van der Waals surface area contributed by atoms with Crippen molar-refractivity contribution in [2.75, 3.05) is 5.32 Å². The van der Waals surface area contributed by atoms with Gasteiger partial charge in [0.25, 0.3) is 0 Å². The van der Waals surface area contributed by atoms with Gasteiger partial charge in [-0.2, -0.15) is 18.3 Å². The summed E-state index contributed by atoms with van der Waals surface area (Å²) in [4.78, 5) is 19.4. The molecule has 26 heavy (non-hydrogen) atoms. The normalized spacial score (nSPS) is 11.2. The third kappa shape index (κ3) is 3.91. The number of nitrogens with zero attached hydrogens (tertiary/aromatic N) is 4. The molecule has 0 fully saturated rings. The number of nitrogens with one attached hydrogen (secondary N) is 1. The molecule has 0 aliphatic carbocycles. The molecule has 0 saturated carbocycles. The third-order valence-electron chi connectivity index (χ3n) is 3.05. The standard InChI is InChI=1S/C15H9ClF3N5O2/c16-11-2-1-3-12(23-11)24-13(15(17,18)19)10(8-21-24)26-14(25)22-9-4-6-20-7-5-9/h1-8H,(H,20,22,25). The van der Waals surface area contributed by atoms with Gasteiger partial charge in [0, 0.05) is 18.1 Å². The van der Waals surface area contributed by atoms with Crippen LogP contribution in [0.15, 0.2) is 48.9 Å². The molecule has 0 saturated heterocycles. The highest BCUT2D eigenvalue weighted by Crippen LogP contribution is 2.37. The minimum atomic E-state index is -4.85. The average molecular weight is 384 g/mol. The van der Waals surface area contributed by atoms with Crippen molar-refractivity contribution < 1.29 is 22.7 Å². The Morgan fingerprint density at radius 1 is 1.19 bits per heavy atom. The molecule has 0 aliphatic heterocycles. The zero-order valence-corrected chi connectivity index (χ0v) is 13.5. The first kappa shape index (κ1) is 17.7. The Balaban J connectivity index is 1.91. The molecule has 0 bridgehead atoms. The number of hydrogen-bond donors (Lipinski definition) is 1. The maximum absolute atomic E-state index is 13.5. The zero-order chi connectivity index (χ0) is 18.7. The van der Waals surface area contributed by atoms with E-state index in [9.17, 15) is 18.0 Å². The molecule has 0 unspecified atom stereocenters. The van der Waals surface area contributed by atoms with Crippen LogP contribution in [0.4, 0.5) is 23.7 Å². The second kappa shape index (κ2) is 7.00. The number of rotatable bonds is 3. The van der Waals surface area contributed by atoms with Crippen LogP contribution in [0.25, 0.3) is 5.82 Å². The monoisotopic (exact) mass is 383 g/mol. The maximum atomic E-state index is 13.5. The molecular weight excluding hydrogens is 375 g/mol. The van der Waals surface area contributed by atoms with Gasteiger partial charge >= 0.3 is 12.3 Å². The number of alkyl halides is 3. The summed E-state index contributed by atoms with van der Waals surface area (Å²) in [6.07, 6.45) is -2.39. The molecule has 11 heteroatoms. The third-order valence-corrected chi connectivity index (χ3v) is 3.26. The topological polar surface area (TPSA) is 81.9 Å². The average Bonchev–Trinajstić information content (AvgIpc) is 2.99. The summed E-state index contributed by atoms with van der Waals surface area (Å²) in [5.74, 6) is -0.944. The van der Waals surface area contributed by atoms with Gasteiger partial charge < -0.3 is 4.74 Å². The number of amides is 1. The fraction of sp³-hybridized carbons (Fsp3) is 0.0667. The van der Waals surface area contributed by atoms with Gasteiger partial charge in [0.1, 0.15) is 5.15 Å². The lowest BCUT2D eigenvalue weighted by atomic mass is 10.3. The van der Waals surface area contributed by atoms with E-state index in [0.717, 1.165) is 6.20 Å². The highest BCUT2D eigenvalue weighted by molar-refractivity contribution is 6.29. The van der Waals surface area contributed by atoms with E-state index < -0.39 is 23.7 Å². The van der Waals surface area contributed by atoms with Crippen LogP contribution >= 0.6 is 11.6 Å². The van der Waals surface area contributed by atoms with Crippen LogP contribution in [0.3, 0.4) is 0 Å². The van der Waals surface area contributed by atoms with E-state index in [1.54, 1.807) is 0 Å². The first-order valence-electron chi connectivity index (χ1n) is 7.01. The van der Waals surface area contributed by atoms with Gasteiger partial charge in [0.15, 0.2) is 17.3 Å². The molecule has 0 aromatic carbocycles. The largest absolute Gasteiger partial charge is 0.437 e. The molecule has 3 rings (SSSR count). The van der Waals surface area contributed by atoms with E-state index in [-0.39, 0.29) is 11.0 Å². The second-order valence-electron chi connectivity index (χ2n) is 4.84. The van der Waals surface area contributed by atoms with Crippen LogP contribution in [0, 0.1) is 0 Å². The van der Waals surface area contributed by atoms with Gasteiger partial charge in [0.05, 0.1) is 6.20 Å². The summed E-state index contributed by atoms with van der Waals surface area (Å²) in [7, 11) is 0. The van der Waals surface area contributed by atoms with Gasteiger partial charge in [0.2, 0.25) is 0 Å². The van der Waals surface area contributed by atoms with Crippen molar-refractivity contribution in [3.05, 3.63) is 59.8 Å². The van der Waals surface area contributed by atoms with Crippen molar-refractivity contribution in [1.82, 2.24) is 19.7 Å². The van der Waals surface area contributed by atoms with E-state index in [1.165, 1.54) is 42.7 Å². The molecule has 0 spiro atoms. The molecule has 134 valence electrons. The van der Waals surface area contributed by atoms with E-state index in [1.807, 2.05) is 0 Å². The Kier molecular flexibility index (Phi) is 4.76. The van der Waals surface area contributed by atoms with Gasteiger partial charge in [-0.1, -0.05) is 17.7 Å². The SMILES string of the molecule is O=C(Nc1ccncc1)Oc1cnn(-c2cccc(Cl)n2)c1C(F)(F)F. The number of carbonyl (C=O) groups excluding carboxylic acids is 1. The number of aromatic nitrogens is 4. The molecule has 0 radical (unpaired) electrons. The van der Waals surface area contributed by atoms with Crippen molar-refractivity contribution in [2.24, 2.45) is 0 Å². The molecule has 0 atom stereocenters. The molecule has 1 N–H and O–H groups in total. The van der Waals surface area contributed by atoms with Crippen LogP contribution in [-0.4, -0.2) is 25.8 Å². The lowest BCUT2D eigenvalue weighted by molar-refractivity contribution is -0.143. The molecule has 1 amide bonds. The predicted molar refractivity (Wildman–Crippen MR) is 85.3 cm³/mol. The summed E-state index contributed by atoms with van der Waals surface area (Å²) < 4.78 is 45.7. The number of hydrogen-bond acceptors (Lipinski definition) is 5. The Morgan fingerprint density at radius 2 is 1.92 bits per heavy atom. The van der Waals surface area contributed by atoms with Gasteiger partial charge in [-0.15, -0.1) is 0 Å². The number of anilines is 1. The quantitative estimate of drug-likeness (QED) is 0.693. The van der Waals surface area contributed by atoms with Crippen molar-refractivity contribution >= 4 is 23.4 Å². The van der Waals surface area contributed by atoms with Crippen molar-refractivity contribution in [3.8, 4) is 11.6 Å². The summed E-state index contributed by atoms with van der Waals surface area (Å²) in [5.41, 5.74) is -0.986. The van der Waals surface area contributed by atoms with Crippen LogP contribution in [0.2, 0.25) is 5.15 Å². The Morgan fingerprint density at radius 3 is 2.58 bits per heavy atom. The highest BCUT2D eigenvalue weighted by Gasteiger charge is 2.40. The lowest BCUT2D eigenvalue weighted by Crippen LogP contribution is -2.20. The summed E-state index contributed by atoms with van der Waals surface area (Å²) >= 11 is 5.71. The molecular formula is C15H9ClF3N5O2. The van der Waals surface area contributed by atoms with Gasteiger partial charge in [-0.05, 0) is 24.3 Å². The first-order chi connectivity index (χ1) is 12.3. The molecule has 3 aromatic rings. The second-order valence-corrected chi connectivity index (χ2v) is 5.22. The summed E-state index contributed by atoms with van der Waals surface area (Å²) in [5, 5.41) is 5.89. The Labute approximate surface area is 149 Å².